The third-order valence-electron chi connectivity index (χ3n) is 4.72. The Morgan fingerprint density at radius 1 is 0.963 bits per heavy atom. The molecule has 1 atom stereocenters. The Kier molecular flexibility index (Phi) is 7.69. The molecular weight excluding hydrogens is 338 g/mol. The largest absolute Gasteiger partial charge is 0.375 e. The van der Waals surface area contributed by atoms with Crippen molar-refractivity contribution in [3.63, 3.8) is 0 Å². The number of urea groups is 1. The van der Waals surface area contributed by atoms with E-state index in [1.165, 1.54) is 19.3 Å². The summed E-state index contributed by atoms with van der Waals surface area (Å²) < 4.78 is 5.91. The minimum absolute atomic E-state index is 0.0458. The molecule has 5 heteroatoms. The molecule has 0 aromatic heterocycles. The van der Waals surface area contributed by atoms with Crippen LogP contribution in [-0.4, -0.2) is 43.2 Å². The number of benzene rings is 2. The maximum Gasteiger partial charge on any atom is 0.319 e. The lowest BCUT2D eigenvalue weighted by Crippen LogP contribution is -2.48. The topological polar surface area (TPSA) is 53.6 Å². The van der Waals surface area contributed by atoms with Crippen molar-refractivity contribution in [3.05, 3.63) is 66.2 Å². The zero-order chi connectivity index (χ0) is 18.7. The first-order valence-corrected chi connectivity index (χ1v) is 9.76. The first-order valence-electron chi connectivity index (χ1n) is 9.76. The molecule has 2 aromatic rings. The van der Waals surface area contributed by atoms with Crippen LogP contribution in [0.25, 0.3) is 0 Å². The lowest BCUT2D eigenvalue weighted by Gasteiger charge is -2.30. The molecule has 0 saturated carbocycles. The number of rotatable bonds is 8. The van der Waals surface area contributed by atoms with E-state index in [1.54, 1.807) is 0 Å². The van der Waals surface area contributed by atoms with Crippen LogP contribution in [0, 0.1) is 0 Å². The summed E-state index contributed by atoms with van der Waals surface area (Å²) in [7, 11) is 0. The lowest BCUT2D eigenvalue weighted by atomic mass is 10.1. The minimum atomic E-state index is -0.188. The number of para-hydroxylation sites is 1. The van der Waals surface area contributed by atoms with E-state index in [9.17, 15) is 4.79 Å². The van der Waals surface area contributed by atoms with Gasteiger partial charge in [0.25, 0.3) is 0 Å². The molecule has 0 radical (unpaired) electrons. The minimum Gasteiger partial charge on any atom is -0.375 e. The summed E-state index contributed by atoms with van der Waals surface area (Å²) in [6.45, 7) is 4.05. The summed E-state index contributed by atoms with van der Waals surface area (Å²) >= 11 is 0. The molecule has 1 unspecified atom stereocenters. The number of ether oxygens (including phenoxy) is 1. The van der Waals surface area contributed by atoms with Gasteiger partial charge in [0.05, 0.1) is 19.3 Å². The highest BCUT2D eigenvalue weighted by atomic mass is 16.5. The molecule has 1 fully saturated rings. The van der Waals surface area contributed by atoms with E-state index in [1.807, 2.05) is 48.5 Å². The molecule has 0 bridgehead atoms. The number of carbonyl (C=O) groups excluding carboxylic acids is 1. The van der Waals surface area contributed by atoms with Gasteiger partial charge in [-0.3, -0.25) is 0 Å². The Hall–Kier alpha value is -2.37. The second-order valence-corrected chi connectivity index (χ2v) is 7.02. The van der Waals surface area contributed by atoms with Gasteiger partial charge in [0, 0.05) is 12.2 Å². The van der Waals surface area contributed by atoms with Gasteiger partial charge in [-0.2, -0.15) is 0 Å². The molecule has 1 saturated heterocycles. The van der Waals surface area contributed by atoms with Crippen LogP contribution in [0.4, 0.5) is 10.5 Å². The van der Waals surface area contributed by atoms with Gasteiger partial charge in [-0.25, -0.2) is 4.79 Å². The van der Waals surface area contributed by atoms with E-state index in [0.717, 1.165) is 30.9 Å². The van der Waals surface area contributed by atoms with E-state index < -0.39 is 0 Å². The zero-order valence-corrected chi connectivity index (χ0v) is 15.8. The number of hydrogen-bond donors (Lipinski definition) is 2. The molecule has 0 spiro atoms. The standard InChI is InChI=1S/C22H29N3O2/c26-22(23-20-12-6-2-7-13-20)24-21(16-25-14-8-3-9-15-25)18-27-17-19-10-4-1-5-11-19/h1-2,4-7,10-13,21H,3,8-9,14-18H2,(H2,23,24,26). The van der Waals surface area contributed by atoms with Gasteiger partial charge in [0.2, 0.25) is 0 Å². The van der Waals surface area contributed by atoms with Crippen molar-refractivity contribution in [1.82, 2.24) is 10.2 Å². The van der Waals surface area contributed by atoms with Gasteiger partial charge in [-0.1, -0.05) is 55.0 Å². The van der Waals surface area contributed by atoms with Crippen molar-refractivity contribution in [2.75, 3.05) is 31.6 Å². The van der Waals surface area contributed by atoms with Gasteiger partial charge in [-0.05, 0) is 43.6 Å². The highest BCUT2D eigenvalue weighted by Crippen LogP contribution is 2.10. The summed E-state index contributed by atoms with van der Waals surface area (Å²) in [6.07, 6.45) is 3.76. The number of nitrogens with one attached hydrogen (secondary N) is 2. The van der Waals surface area contributed by atoms with E-state index in [4.69, 9.17) is 4.74 Å². The Bertz CT molecular complexity index is 672. The third kappa shape index (κ3) is 7.04. The molecular formula is C22H29N3O2. The number of carbonyl (C=O) groups is 1. The maximum atomic E-state index is 12.4. The Balaban J connectivity index is 1.52. The van der Waals surface area contributed by atoms with E-state index in [-0.39, 0.29) is 12.1 Å². The summed E-state index contributed by atoms with van der Waals surface area (Å²) in [5, 5.41) is 5.98. The van der Waals surface area contributed by atoms with Gasteiger partial charge in [-0.15, -0.1) is 0 Å². The molecule has 1 heterocycles. The monoisotopic (exact) mass is 367 g/mol. The average molecular weight is 367 g/mol. The van der Waals surface area contributed by atoms with Crippen LogP contribution < -0.4 is 10.6 Å². The van der Waals surface area contributed by atoms with Gasteiger partial charge >= 0.3 is 6.03 Å². The second kappa shape index (κ2) is 10.7. The van der Waals surface area contributed by atoms with Crippen LogP contribution in [0.2, 0.25) is 0 Å². The molecule has 2 aromatic carbocycles. The first-order chi connectivity index (χ1) is 13.3. The fourth-order valence-corrected chi connectivity index (χ4v) is 3.36. The van der Waals surface area contributed by atoms with Crippen molar-refractivity contribution < 1.29 is 9.53 Å². The van der Waals surface area contributed by atoms with Crippen LogP contribution >= 0.6 is 0 Å². The average Bonchev–Trinajstić information content (AvgIpc) is 2.70. The third-order valence-corrected chi connectivity index (χ3v) is 4.72. The van der Waals surface area contributed by atoms with Gasteiger partial charge in [0.1, 0.15) is 0 Å². The first kappa shape index (κ1) is 19.4. The molecule has 1 aliphatic heterocycles. The number of likely N-dealkylation sites (tertiary alicyclic amines) is 1. The van der Waals surface area contributed by atoms with Crippen LogP contribution in [0.3, 0.4) is 0 Å². The van der Waals surface area contributed by atoms with Crippen molar-refractivity contribution >= 4 is 11.7 Å². The molecule has 2 N–H and O–H groups in total. The normalized spacial score (nSPS) is 15.9. The fraction of sp³-hybridized carbons (Fsp3) is 0.409. The highest BCUT2D eigenvalue weighted by Gasteiger charge is 2.19. The molecule has 3 rings (SSSR count). The Labute approximate surface area is 161 Å². The highest BCUT2D eigenvalue weighted by molar-refractivity contribution is 5.89. The van der Waals surface area contributed by atoms with E-state index >= 15 is 0 Å². The number of amides is 2. The quantitative estimate of drug-likeness (QED) is 0.744. The van der Waals surface area contributed by atoms with Crippen LogP contribution in [0.1, 0.15) is 24.8 Å². The Morgan fingerprint density at radius 3 is 2.33 bits per heavy atom. The number of nitrogens with zero attached hydrogens (tertiary/aromatic N) is 1. The SMILES string of the molecule is O=C(Nc1ccccc1)NC(COCc1ccccc1)CN1CCCCC1. The molecule has 2 amide bonds. The number of hydrogen-bond acceptors (Lipinski definition) is 3. The lowest BCUT2D eigenvalue weighted by molar-refractivity contribution is 0.0842. The maximum absolute atomic E-state index is 12.4. The summed E-state index contributed by atoms with van der Waals surface area (Å²) in [4.78, 5) is 14.8. The van der Waals surface area contributed by atoms with Gasteiger partial charge in [0.15, 0.2) is 0 Å². The van der Waals surface area contributed by atoms with Crippen molar-refractivity contribution in [1.29, 1.82) is 0 Å². The predicted molar refractivity (Wildman–Crippen MR) is 109 cm³/mol. The fourth-order valence-electron chi connectivity index (χ4n) is 3.36. The smallest absolute Gasteiger partial charge is 0.319 e. The van der Waals surface area contributed by atoms with Crippen molar-refractivity contribution in [2.24, 2.45) is 0 Å². The van der Waals surface area contributed by atoms with Crippen LogP contribution in [-0.2, 0) is 11.3 Å². The van der Waals surface area contributed by atoms with Crippen molar-refractivity contribution in [2.45, 2.75) is 31.9 Å². The number of anilines is 1. The van der Waals surface area contributed by atoms with E-state index in [0.29, 0.717) is 13.2 Å². The van der Waals surface area contributed by atoms with Crippen molar-refractivity contribution in [3.8, 4) is 0 Å². The summed E-state index contributed by atoms with van der Waals surface area (Å²) in [5.74, 6) is 0. The predicted octanol–water partition coefficient (Wildman–Crippen LogP) is 3.88. The number of piperidine rings is 1. The molecule has 27 heavy (non-hydrogen) atoms. The zero-order valence-electron chi connectivity index (χ0n) is 15.8. The summed E-state index contributed by atoms with van der Waals surface area (Å²) in [6, 6.07) is 19.4. The van der Waals surface area contributed by atoms with Crippen LogP contribution in [0.15, 0.2) is 60.7 Å². The summed E-state index contributed by atoms with van der Waals surface area (Å²) in [5.41, 5.74) is 1.93. The van der Waals surface area contributed by atoms with Crippen LogP contribution in [0.5, 0.6) is 0 Å². The van der Waals surface area contributed by atoms with Gasteiger partial charge < -0.3 is 20.3 Å². The molecule has 144 valence electrons. The molecule has 1 aliphatic rings. The molecule has 0 aliphatic carbocycles. The molecule has 5 nitrogen and oxygen atoms in total. The van der Waals surface area contributed by atoms with E-state index in [2.05, 4.69) is 27.7 Å². The second-order valence-electron chi connectivity index (χ2n) is 7.02. The Morgan fingerprint density at radius 2 is 1.63 bits per heavy atom.